The van der Waals surface area contributed by atoms with E-state index in [1.807, 2.05) is 18.2 Å². The minimum atomic E-state index is 0.551. The summed E-state index contributed by atoms with van der Waals surface area (Å²) in [5.41, 5.74) is 15.2. The highest BCUT2D eigenvalue weighted by atomic mass is 16.3. The molecule has 64 heavy (non-hydrogen) atoms. The van der Waals surface area contributed by atoms with Crippen LogP contribution < -0.4 is 0 Å². The second-order valence-electron chi connectivity index (χ2n) is 16.7. The van der Waals surface area contributed by atoms with Crippen LogP contribution in [0.3, 0.4) is 0 Å². The van der Waals surface area contributed by atoms with Crippen molar-refractivity contribution < 1.29 is 4.42 Å². The predicted molar refractivity (Wildman–Crippen MR) is 263 cm³/mol. The standard InChI is InChI=1S/C59H34N4O/c1-3-14-35(15-4-1)40-28-29-41(36-16-5-2-6-17-36)56-48-31-30-46(45-22-13-23-47(54(45)48)55(40)56)58-60-57(39-26-27-44-43-21-10-12-25-52(43)64-53(44)34-39)61-59(62-58)63-50-24-11-9-20-42(50)49-32-37-18-7-8-19-38(37)33-51(49)63/h1-34H. The molecule has 0 saturated carbocycles. The normalized spacial score (nSPS) is 12.1. The third-order valence-corrected chi connectivity index (χ3v) is 13.2. The van der Waals surface area contributed by atoms with Gasteiger partial charge in [0.2, 0.25) is 5.95 Å². The smallest absolute Gasteiger partial charge is 0.238 e. The summed E-state index contributed by atoms with van der Waals surface area (Å²) in [6.45, 7) is 0. The lowest BCUT2D eigenvalue weighted by Crippen LogP contribution is -2.06. The van der Waals surface area contributed by atoms with Gasteiger partial charge in [0.25, 0.3) is 0 Å². The molecule has 0 radical (unpaired) electrons. The number of hydrogen-bond donors (Lipinski definition) is 0. The quantitative estimate of drug-likeness (QED) is 0.174. The van der Waals surface area contributed by atoms with Gasteiger partial charge in [0.1, 0.15) is 11.2 Å². The molecule has 0 spiro atoms. The molecule has 1 aliphatic carbocycles. The van der Waals surface area contributed by atoms with E-state index in [0.717, 1.165) is 65.6 Å². The summed E-state index contributed by atoms with van der Waals surface area (Å²) < 4.78 is 8.62. The van der Waals surface area contributed by atoms with E-state index in [2.05, 4.69) is 193 Å². The van der Waals surface area contributed by atoms with Gasteiger partial charge in [-0.05, 0) is 109 Å². The molecule has 5 nitrogen and oxygen atoms in total. The Hall–Kier alpha value is -8.67. The lowest BCUT2D eigenvalue weighted by atomic mass is 9.88. The predicted octanol–water partition coefficient (Wildman–Crippen LogP) is 15.5. The van der Waals surface area contributed by atoms with E-state index in [0.29, 0.717) is 17.6 Å². The fraction of sp³-hybridized carbons (Fsp3) is 0. The fourth-order valence-electron chi connectivity index (χ4n) is 10.3. The van der Waals surface area contributed by atoms with Gasteiger partial charge in [-0.15, -0.1) is 0 Å². The van der Waals surface area contributed by atoms with Crippen molar-refractivity contribution in [1.82, 2.24) is 19.5 Å². The largest absolute Gasteiger partial charge is 0.456 e. The zero-order valence-electron chi connectivity index (χ0n) is 34.3. The molecular weight excluding hydrogens is 781 g/mol. The Bertz CT molecular complexity index is 4000. The average molecular weight is 815 g/mol. The van der Waals surface area contributed by atoms with Crippen LogP contribution in [0.15, 0.2) is 211 Å². The van der Waals surface area contributed by atoms with Crippen molar-refractivity contribution in [3.8, 4) is 73.2 Å². The van der Waals surface area contributed by atoms with E-state index < -0.39 is 0 Å². The van der Waals surface area contributed by atoms with Crippen molar-refractivity contribution >= 4 is 65.3 Å². The zero-order chi connectivity index (χ0) is 41.9. The third kappa shape index (κ3) is 5.09. The highest BCUT2D eigenvalue weighted by molar-refractivity contribution is 6.23. The number of rotatable bonds is 5. The second-order valence-corrected chi connectivity index (χ2v) is 16.7. The maximum atomic E-state index is 6.42. The van der Waals surface area contributed by atoms with E-state index in [4.69, 9.17) is 19.4 Å². The number of furan rings is 1. The summed E-state index contributed by atoms with van der Waals surface area (Å²) in [7, 11) is 0. The lowest BCUT2D eigenvalue weighted by molar-refractivity contribution is 0.669. The van der Waals surface area contributed by atoms with Gasteiger partial charge in [0.05, 0.1) is 11.0 Å². The van der Waals surface area contributed by atoms with Crippen LogP contribution in [-0.4, -0.2) is 19.5 Å². The molecule has 10 aromatic carbocycles. The van der Waals surface area contributed by atoms with Crippen LogP contribution >= 0.6 is 0 Å². The van der Waals surface area contributed by atoms with Gasteiger partial charge in [0.15, 0.2) is 11.6 Å². The fourth-order valence-corrected chi connectivity index (χ4v) is 10.3. The van der Waals surface area contributed by atoms with E-state index >= 15 is 0 Å². The van der Waals surface area contributed by atoms with Gasteiger partial charge < -0.3 is 4.42 Å². The third-order valence-electron chi connectivity index (χ3n) is 13.2. The molecule has 0 bridgehead atoms. The maximum absolute atomic E-state index is 6.42. The summed E-state index contributed by atoms with van der Waals surface area (Å²) in [6.07, 6.45) is 0. The monoisotopic (exact) mass is 814 g/mol. The Kier molecular flexibility index (Phi) is 7.33. The maximum Gasteiger partial charge on any atom is 0.238 e. The molecule has 0 N–H and O–H groups in total. The Labute approximate surface area is 367 Å². The van der Waals surface area contributed by atoms with Crippen molar-refractivity contribution in [2.75, 3.05) is 0 Å². The number of hydrogen-bond acceptors (Lipinski definition) is 4. The van der Waals surface area contributed by atoms with Crippen molar-refractivity contribution in [3.63, 3.8) is 0 Å². The summed E-state index contributed by atoms with van der Waals surface area (Å²) in [6, 6.07) is 73.3. The van der Waals surface area contributed by atoms with E-state index in [-0.39, 0.29) is 0 Å². The summed E-state index contributed by atoms with van der Waals surface area (Å²) >= 11 is 0. The molecule has 14 rings (SSSR count). The second kappa shape index (κ2) is 13.4. The molecular formula is C59H34N4O. The highest BCUT2D eigenvalue weighted by Gasteiger charge is 2.29. The summed E-state index contributed by atoms with van der Waals surface area (Å²) in [5, 5.41) is 9.06. The summed E-state index contributed by atoms with van der Waals surface area (Å²) in [5.74, 6) is 1.72. The van der Waals surface area contributed by atoms with Crippen molar-refractivity contribution in [2.24, 2.45) is 0 Å². The molecule has 5 heteroatoms. The van der Waals surface area contributed by atoms with Gasteiger partial charge in [-0.3, -0.25) is 4.57 Å². The van der Waals surface area contributed by atoms with E-state index in [1.165, 1.54) is 55.3 Å². The Balaban J connectivity index is 1.05. The zero-order valence-corrected chi connectivity index (χ0v) is 34.3. The number of fused-ring (bicyclic) bond motifs is 10. The Morgan fingerprint density at radius 2 is 0.922 bits per heavy atom. The van der Waals surface area contributed by atoms with Crippen molar-refractivity contribution in [3.05, 3.63) is 206 Å². The number of nitrogens with zero attached hydrogens (tertiary/aromatic N) is 4. The lowest BCUT2D eigenvalue weighted by Gasteiger charge is -2.15. The summed E-state index contributed by atoms with van der Waals surface area (Å²) in [4.78, 5) is 16.2. The molecule has 0 fully saturated rings. The van der Waals surface area contributed by atoms with Crippen molar-refractivity contribution in [2.45, 2.75) is 0 Å². The van der Waals surface area contributed by atoms with Crippen LogP contribution in [0.2, 0.25) is 0 Å². The first-order valence-electron chi connectivity index (χ1n) is 21.7. The minimum Gasteiger partial charge on any atom is -0.456 e. The van der Waals surface area contributed by atoms with Gasteiger partial charge in [-0.25, -0.2) is 4.98 Å². The van der Waals surface area contributed by atoms with Crippen LogP contribution in [0.5, 0.6) is 0 Å². The van der Waals surface area contributed by atoms with Crippen LogP contribution in [0.4, 0.5) is 0 Å². The molecule has 0 saturated heterocycles. The van der Waals surface area contributed by atoms with Crippen LogP contribution in [0.25, 0.3) is 139 Å². The molecule has 0 amide bonds. The molecule has 0 atom stereocenters. The topological polar surface area (TPSA) is 56.7 Å². The van der Waals surface area contributed by atoms with E-state index in [1.54, 1.807) is 0 Å². The first-order valence-corrected chi connectivity index (χ1v) is 21.7. The van der Waals surface area contributed by atoms with E-state index in [9.17, 15) is 0 Å². The number of benzene rings is 10. The van der Waals surface area contributed by atoms with Gasteiger partial charge in [-0.1, -0.05) is 164 Å². The molecule has 13 aromatic rings. The Morgan fingerprint density at radius 3 is 1.70 bits per heavy atom. The Morgan fingerprint density at radius 1 is 0.328 bits per heavy atom. The molecule has 296 valence electrons. The van der Waals surface area contributed by atoms with Crippen LogP contribution in [-0.2, 0) is 0 Å². The van der Waals surface area contributed by atoms with Gasteiger partial charge >= 0.3 is 0 Å². The first-order chi connectivity index (χ1) is 31.7. The molecule has 0 aliphatic heterocycles. The van der Waals surface area contributed by atoms with Crippen molar-refractivity contribution in [1.29, 1.82) is 0 Å². The molecule has 0 unspecified atom stereocenters. The minimum absolute atomic E-state index is 0.551. The first kappa shape index (κ1) is 35.0. The highest BCUT2D eigenvalue weighted by Crippen LogP contribution is 2.55. The molecule has 3 aromatic heterocycles. The van der Waals surface area contributed by atoms with Gasteiger partial charge in [-0.2, -0.15) is 9.97 Å². The molecule has 3 heterocycles. The SMILES string of the molecule is c1ccc(-c2ccc(-c3ccccc3)c3c2-c2cccc4c(-c5nc(-c6ccc7c(c6)oc6ccccc67)nc(-n6c7ccccc7c7cc8ccccc8cc76)n5)ccc-3c24)cc1. The van der Waals surface area contributed by atoms with Gasteiger partial charge in [0, 0.05) is 32.7 Å². The van der Waals surface area contributed by atoms with Crippen LogP contribution in [0.1, 0.15) is 0 Å². The number of aromatic nitrogens is 4. The van der Waals surface area contributed by atoms with Crippen LogP contribution in [0, 0.1) is 0 Å². The molecule has 1 aliphatic rings. The number of para-hydroxylation sites is 2. The average Bonchev–Trinajstić information content (AvgIpc) is 4.02.